The first-order valence-electron chi connectivity index (χ1n) is 4.16. The van der Waals surface area contributed by atoms with Crippen LogP contribution in [0.5, 0.6) is 5.75 Å². The largest absolute Gasteiger partial charge is 0.508 e. The number of phenolic OH excluding ortho intramolecular Hbond substituents is 1. The summed E-state index contributed by atoms with van der Waals surface area (Å²) in [6.45, 7) is 1.69. The second kappa shape index (κ2) is 3.06. The van der Waals surface area contributed by atoms with E-state index in [4.69, 9.17) is 4.42 Å². The first-order chi connectivity index (χ1) is 6.66. The highest BCUT2D eigenvalue weighted by molar-refractivity contribution is 5.62. The number of nitrogens with one attached hydrogen (secondary N) is 1. The molecule has 2 aromatic rings. The number of H-pyrrole nitrogens is 1. The molecule has 0 aliphatic rings. The second-order valence-corrected chi connectivity index (χ2v) is 3.00. The van der Waals surface area contributed by atoms with Gasteiger partial charge in [-0.2, -0.15) is 0 Å². The van der Waals surface area contributed by atoms with E-state index >= 15 is 0 Å². The molecule has 0 saturated heterocycles. The summed E-state index contributed by atoms with van der Waals surface area (Å²) in [5.41, 5.74) is 1.33. The fourth-order valence-electron chi connectivity index (χ4n) is 1.34. The summed E-state index contributed by atoms with van der Waals surface area (Å²) in [7, 11) is 0. The molecule has 0 amide bonds. The van der Waals surface area contributed by atoms with E-state index in [9.17, 15) is 9.90 Å². The van der Waals surface area contributed by atoms with Gasteiger partial charge in [-0.15, -0.1) is 0 Å². The number of aromatic nitrogens is 1. The van der Waals surface area contributed by atoms with E-state index in [1.807, 2.05) is 0 Å². The third-order valence-electron chi connectivity index (χ3n) is 1.96. The van der Waals surface area contributed by atoms with Crippen molar-refractivity contribution in [2.45, 2.75) is 6.92 Å². The van der Waals surface area contributed by atoms with Gasteiger partial charge in [0.1, 0.15) is 11.5 Å². The Morgan fingerprint density at radius 2 is 2.21 bits per heavy atom. The third-order valence-corrected chi connectivity index (χ3v) is 1.96. The average Bonchev–Trinajstić information content (AvgIpc) is 2.45. The van der Waals surface area contributed by atoms with Crippen LogP contribution in [0.2, 0.25) is 0 Å². The topological polar surface area (TPSA) is 66.2 Å². The highest BCUT2D eigenvalue weighted by Crippen LogP contribution is 2.23. The molecular weight excluding hydrogens is 182 g/mol. The molecule has 0 atom stereocenters. The lowest BCUT2D eigenvalue weighted by atomic mass is 10.1. The van der Waals surface area contributed by atoms with Crippen molar-refractivity contribution in [3.8, 4) is 17.0 Å². The van der Waals surface area contributed by atoms with Crippen molar-refractivity contribution in [1.29, 1.82) is 0 Å². The SMILES string of the molecule is Cc1oc(=O)[nH]c1-c1cccc(O)c1. The van der Waals surface area contributed by atoms with Crippen molar-refractivity contribution in [2.75, 3.05) is 0 Å². The Labute approximate surface area is 79.8 Å². The number of aromatic amines is 1. The van der Waals surface area contributed by atoms with Gasteiger partial charge < -0.3 is 9.52 Å². The zero-order chi connectivity index (χ0) is 10.1. The van der Waals surface area contributed by atoms with Gasteiger partial charge in [0, 0.05) is 5.56 Å². The Morgan fingerprint density at radius 1 is 1.43 bits per heavy atom. The molecule has 0 radical (unpaired) electrons. The van der Waals surface area contributed by atoms with Crippen LogP contribution in [-0.2, 0) is 0 Å². The van der Waals surface area contributed by atoms with E-state index in [1.165, 1.54) is 0 Å². The summed E-state index contributed by atoms with van der Waals surface area (Å²) in [5.74, 6) is 0.186. The Bertz CT molecular complexity index is 510. The highest BCUT2D eigenvalue weighted by Gasteiger charge is 2.07. The lowest BCUT2D eigenvalue weighted by Gasteiger charge is -1.98. The summed E-state index contributed by atoms with van der Waals surface area (Å²) in [5, 5.41) is 9.25. The quantitative estimate of drug-likeness (QED) is 0.720. The lowest BCUT2D eigenvalue weighted by Crippen LogP contribution is -1.94. The minimum Gasteiger partial charge on any atom is -0.508 e. The minimum atomic E-state index is -0.485. The van der Waals surface area contributed by atoms with E-state index in [2.05, 4.69) is 4.98 Å². The molecule has 72 valence electrons. The lowest BCUT2D eigenvalue weighted by molar-refractivity contribution is 0.475. The van der Waals surface area contributed by atoms with Crippen LogP contribution in [0.1, 0.15) is 5.76 Å². The van der Waals surface area contributed by atoms with E-state index < -0.39 is 5.76 Å². The van der Waals surface area contributed by atoms with Crippen molar-refractivity contribution >= 4 is 0 Å². The smallest absolute Gasteiger partial charge is 0.416 e. The van der Waals surface area contributed by atoms with Crippen molar-refractivity contribution < 1.29 is 9.52 Å². The van der Waals surface area contributed by atoms with Gasteiger partial charge in [0.2, 0.25) is 0 Å². The summed E-state index contributed by atoms with van der Waals surface area (Å²) in [4.78, 5) is 13.4. The average molecular weight is 191 g/mol. The maximum absolute atomic E-state index is 10.9. The van der Waals surface area contributed by atoms with Crippen LogP contribution >= 0.6 is 0 Å². The molecule has 0 bridgehead atoms. The number of hydrogen-bond acceptors (Lipinski definition) is 3. The van der Waals surface area contributed by atoms with Gasteiger partial charge in [0.05, 0.1) is 5.69 Å². The van der Waals surface area contributed by atoms with Gasteiger partial charge in [0.25, 0.3) is 0 Å². The van der Waals surface area contributed by atoms with Gasteiger partial charge >= 0.3 is 5.76 Å². The molecule has 0 aliphatic heterocycles. The molecule has 1 aromatic heterocycles. The number of hydrogen-bond donors (Lipinski definition) is 2. The van der Waals surface area contributed by atoms with Crippen LogP contribution in [-0.4, -0.2) is 10.1 Å². The fraction of sp³-hybridized carbons (Fsp3) is 0.100. The zero-order valence-electron chi connectivity index (χ0n) is 7.57. The number of benzene rings is 1. The van der Waals surface area contributed by atoms with Crippen molar-refractivity contribution in [3.05, 3.63) is 40.6 Å². The second-order valence-electron chi connectivity index (χ2n) is 3.00. The van der Waals surface area contributed by atoms with Crippen LogP contribution in [0.25, 0.3) is 11.3 Å². The minimum absolute atomic E-state index is 0.156. The predicted molar refractivity (Wildman–Crippen MR) is 51.2 cm³/mol. The van der Waals surface area contributed by atoms with E-state index in [1.54, 1.807) is 31.2 Å². The van der Waals surface area contributed by atoms with Gasteiger partial charge in [-0.25, -0.2) is 4.79 Å². The maximum atomic E-state index is 10.9. The third kappa shape index (κ3) is 1.42. The number of aryl methyl sites for hydroxylation is 1. The van der Waals surface area contributed by atoms with Crippen molar-refractivity contribution in [2.24, 2.45) is 0 Å². The molecule has 0 unspecified atom stereocenters. The Hall–Kier alpha value is -1.97. The van der Waals surface area contributed by atoms with E-state index in [0.29, 0.717) is 11.5 Å². The molecule has 2 rings (SSSR count). The molecule has 2 N–H and O–H groups in total. The van der Waals surface area contributed by atoms with Crippen LogP contribution in [0, 0.1) is 6.92 Å². The molecule has 1 aromatic carbocycles. The standard InChI is InChI=1S/C10H9NO3/c1-6-9(11-10(13)14-6)7-3-2-4-8(12)5-7/h2-5,12H,1H3,(H,11,13). The van der Waals surface area contributed by atoms with Gasteiger partial charge in [0.15, 0.2) is 0 Å². The Kier molecular flexibility index (Phi) is 1.89. The molecular formula is C10H9NO3. The molecule has 0 saturated carbocycles. The maximum Gasteiger partial charge on any atom is 0.416 e. The van der Waals surface area contributed by atoms with Crippen molar-refractivity contribution in [3.63, 3.8) is 0 Å². The van der Waals surface area contributed by atoms with Gasteiger partial charge in [-0.3, -0.25) is 4.98 Å². The van der Waals surface area contributed by atoms with Crippen LogP contribution in [0.4, 0.5) is 0 Å². The summed E-state index contributed by atoms with van der Waals surface area (Å²) >= 11 is 0. The number of phenols is 1. The molecule has 4 heteroatoms. The Morgan fingerprint density at radius 3 is 2.79 bits per heavy atom. The van der Waals surface area contributed by atoms with Crippen molar-refractivity contribution in [1.82, 2.24) is 4.98 Å². The predicted octanol–water partition coefficient (Wildman–Crippen LogP) is 1.65. The summed E-state index contributed by atoms with van der Waals surface area (Å²) in [6.07, 6.45) is 0. The van der Waals surface area contributed by atoms with Crippen LogP contribution < -0.4 is 5.76 Å². The fourth-order valence-corrected chi connectivity index (χ4v) is 1.34. The molecule has 14 heavy (non-hydrogen) atoms. The number of oxazole rings is 1. The number of rotatable bonds is 1. The summed E-state index contributed by atoms with van der Waals surface area (Å²) in [6, 6.07) is 6.62. The molecule has 1 heterocycles. The molecule has 0 fully saturated rings. The molecule has 0 spiro atoms. The van der Waals surface area contributed by atoms with E-state index in [0.717, 1.165) is 5.56 Å². The normalized spacial score (nSPS) is 10.4. The number of aromatic hydroxyl groups is 1. The van der Waals surface area contributed by atoms with E-state index in [-0.39, 0.29) is 5.75 Å². The summed E-state index contributed by atoms with van der Waals surface area (Å²) < 4.78 is 4.82. The monoisotopic (exact) mass is 191 g/mol. The molecule has 4 nitrogen and oxygen atoms in total. The van der Waals surface area contributed by atoms with Crippen LogP contribution in [0.15, 0.2) is 33.5 Å². The first-order valence-corrected chi connectivity index (χ1v) is 4.16. The van der Waals surface area contributed by atoms with Gasteiger partial charge in [-0.05, 0) is 19.1 Å². The molecule has 0 aliphatic carbocycles. The zero-order valence-corrected chi connectivity index (χ0v) is 7.57. The highest BCUT2D eigenvalue weighted by atomic mass is 16.4. The first kappa shape index (κ1) is 8.62. The Balaban J connectivity index is 2.59. The van der Waals surface area contributed by atoms with Crippen LogP contribution in [0.3, 0.4) is 0 Å². The van der Waals surface area contributed by atoms with Gasteiger partial charge in [-0.1, -0.05) is 12.1 Å².